The van der Waals surface area contributed by atoms with Crippen molar-refractivity contribution in [3.8, 4) is 5.75 Å². The van der Waals surface area contributed by atoms with Crippen LogP contribution in [-0.4, -0.2) is 60.7 Å². The first-order valence-corrected chi connectivity index (χ1v) is 10.1. The van der Waals surface area contributed by atoms with Gasteiger partial charge in [-0.05, 0) is 26.0 Å². The molecule has 1 aromatic heterocycles. The molecule has 0 saturated carbocycles. The zero-order valence-corrected chi connectivity index (χ0v) is 17.8. The SMILES string of the molecule is COc1cccc(S(=O)(=O)N2CCN(Cc3c(C)nn(C)c3C)CC2)c1.Cl. The second-order valence-corrected chi connectivity index (χ2v) is 8.57. The fourth-order valence-corrected chi connectivity index (χ4v) is 4.77. The minimum absolute atomic E-state index is 0. The number of benzene rings is 1. The number of piperazine rings is 1. The van der Waals surface area contributed by atoms with Crippen molar-refractivity contribution >= 4 is 22.4 Å². The molecular formula is C18H27ClN4O3S. The summed E-state index contributed by atoms with van der Waals surface area (Å²) in [5.41, 5.74) is 3.43. The van der Waals surface area contributed by atoms with E-state index in [9.17, 15) is 8.42 Å². The van der Waals surface area contributed by atoms with E-state index in [-0.39, 0.29) is 17.3 Å². The maximum atomic E-state index is 12.9. The second kappa shape index (κ2) is 8.60. The van der Waals surface area contributed by atoms with E-state index >= 15 is 0 Å². The van der Waals surface area contributed by atoms with E-state index < -0.39 is 10.0 Å². The van der Waals surface area contributed by atoms with E-state index in [1.165, 1.54) is 12.7 Å². The quantitative estimate of drug-likeness (QED) is 0.748. The highest BCUT2D eigenvalue weighted by Crippen LogP contribution is 2.23. The number of sulfonamides is 1. The predicted molar refractivity (Wildman–Crippen MR) is 107 cm³/mol. The molecule has 0 atom stereocenters. The monoisotopic (exact) mass is 414 g/mol. The Morgan fingerprint density at radius 3 is 2.37 bits per heavy atom. The van der Waals surface area contributed by atoms with Gasteiger partial charge in [0, 0.05) is 57.1 Å². The summed E-state index contributed by atoms with van der Waals surface area (Å²) >= 11 is 0. The van der Waals surface area contributed by atoms with E-state index in [4.69, 9.17) is 4.74 Å². The lowest BCUT2D eigenvalue weighted by molar-refractivity contribution is 0.181. The third-order valence-corrected chi connectivity index (χ3v) is 6.95. The number of halogens is 1. The average Bonchev–Trinajstić information content (AvgIpc) is 2.88. The van der Waals surface area contributed by atoms with Crippen molar-refractivity contribution in [1.82, 2.24) is 19.0 Å². The van der Waals surface area contributed by atoms with Crippen LogP contribution < -0.4 is 4.74 Å². The highest BCUT2D eigenvalue weighted by molar-refractivity contribution is 7.89. The molecule has 27 heavy (non-hydrogen) atoms. The van der Waals surface area contributed by atoms with Crippen molar-refractivity contribution in [3.63, 3.8) is 0 Å². The normalized spacial score (nSPS) is 16.1. The molecule has 1 aliphatic rings. The van der Waals surface area contributed by atoms with Gasteiger partial charge in [-0.25, -0.2) is 8.42 Å². The fraction of sp³-hybridized carbons (Fsp3) is 0.500. The molecule has 2 heterocycles. The molecule has 1 aromatic carbocycles. The van der Waals surface area contributed by atoms with Gasteiger partial charge in [-0.2, -0.15) is 9.40 Å². The first-order chi connectivity index (χ1) is 12.3. The lowest BCUT2D eigenvalue weighted by atomic mass is 10.1. The largest absolute Gasteiger partial charge is 0.497 e. The number of ether oxygens (including phenoxy) is 1. The average molecular weight is 415 g/mol. The second-order valence-electron chi connectivity index (χ2n) is 6.63. The van der Waals surface area contributed by atoms with E-state index in [1.807, 2.05) is 18.7 Å². The molecule has 1 fully saturated rings. The molecule has 7 nitrogen and oxygen atoms in total. The number of aromatic nitrogens is 2. The molecule has 0 N–H and O–H groups in total. The Balaban J connectivity index is 0.00000261. The summed E-state index contributed by atoms with van der Waals surface area (Å²) in [6.07, 6.45) is 0. The zero-order valence-electron chi connectivity index (χ0n) is 16.2. The van der Waals surface area contributed by atoms with Crippen molar-refractivity contribution in [1.29, 1.82) is 0 Å². The first kappa shape index (κ1) is 21.7. The topological polar surface area (TPSA) is 67.7 Å². The van der Waals surface area contributed by atoms with Crippen molar-refractivity contribution in [2.24, 2.45) is 7.05 Å². The molecule has 3 rings (SSSR count). The zero-order chi connectivity index (χ0) is 18.9. The van der Waals surface area contributed by atoms with Gasteiger partial charge in [0.1, 0.15) is 5.75 Å². The molecular weight excluding hydrogens is 388 g/mol. The summed E-state index contributed by atoms with van der Waals surface area (Å²) in [4.78, 5) is 2.57. The van der Waals surface area contributed by atoms with Gasteiger partial charge in [0.05, 0.1) is 17.7 Å². The summed E-state index contributed by atoms with van der Waals surface area (Å²) in [7, 11) is -0.00939. The summed E-state index contributed by atoms with van der Waals surface area (Å²) in [6.45, 7) is 7.27. The van der Waals surface area contributed by atoms with Gasteiger partial charge < -0.3 is 4.74 Å². The Bertz CT molecular complexity index is 890. The Labute approximate surface area is 167 Å². The van der Waals surface area contributed by atoms with Crippen LogP contribution in [0.2, 0.25) is 0 Å². The Hall–Kier alpha value is -1.61. The van der Waals surface area contributed by atoms with Crippen LogP contribution in [0.5, 0.6) is 5.75 Å². The van der Waals surface area contributed by atoms with Crippen LogP contribution in [0.3, 0.4) is 0 Å². The number of rotatable bonds is 5. The van der Waals surface area contributed by atoms with Crippen LogP contribution in [0.4, 0.5) is 0 Å². The molecule has 0 amide bonds. The van der Waals surface area contributed by atoms with Gasteiger partial charge in [0.2, 0.25) is 10.0 Å². The highest BCUT2D eigenvalue weighted by Gasteiger charge is 2.29. The molecule has 0 aliphatic carbocycles. The van der Waals surface area contributed by atoms with Crippen molar-refractivity contribution < 1.29 is 13.2 Å². The van der Waals surface area contributed by atoms with E-state index in [2.05, 4.69) is 16.9 Å². The maximum absolute atomic E-state index is 12.9. The standard InChI is InChI=1S/C18H26N4O3S.ClH/c1-14-18(15(2)20(3)19-14)13-21-8-10-22(11-9-21)26(23,24)17-7-5-6-16(12-17)25-4;/h5-7,12H,8-11,13H2,1-4H3;1H. The molecule has 0 unspecified atom stereocenters. The van der Waals surface area contributed by atoms with Crippen molar-refractivity contribution in [2.45, 2.75) is 25.3 Å². The molecule has 0 bridgehead atoms. The minimum Gasteiger partial charge on any atom is -0.497 e. The van der Waals surface area contributed by atoms with Crippen LogP contribution in [0.25, 0.3) is 0 Å². The van der Waals surface area contributed by atoms with E-state index in [0.717, 1.165) is 17.9 Å². The molecule has 0 spiro atoms. The first-order valence-electron chi connectivity index (χ1n) is 8.68. The Morgan fingerprint density at radius 2 is 1.81 bits per heavy atom. The number of methoxy groups -OCH3 is 1. The molecule has 2 aromatic rings. The molecule has 0 radical (unpaired) electrons. The van der Waals surface area contributed by atoms with E-state index in [1.54, 1.807) is 28.6 Å². The van der Waals surface area contributed by atoms with Gasteiger partial charge in [0.15, 0.2) is 0 Å². The molecule has 150 valence electrons. The number of nitrogens with zero attached hydrogens (tertiary/aromatic N) is 4. The summed E-state index contributed by atoms with van der Waals surface area (Å²) in [5, 5.41) is 4.46. The Morgan fingerprint density at radius 1 is 1.15 bits per heavy atom. The third kappa shape index (κ3) is 4.45. The maximum Gasteiger partial charge on any atom is 0.243 e. The number of hydrogen-bond acceptors (Lipinski definition) is 5. The summed E-state index contributed by atoms with van der Waals surface area (Å²) in [5.74, 6) is 0.548. The number of hydrogen-bond donors (Lipinski definition) is 0. The van der Waals surface area contributed by atoms with Gasteiger partial charge in [0.25, 0.3) is 0 Å². The fourth-order valence-electron chi connectivity index (χ4n) is 3.31. The lowest BCUT2D eigenvalue weighted by Crippen LogP contribution is -2.48. The predicted octanol–water partition coefficient (Wildman–Crippen LogP) is 1.97. The van der Waals surface area contributed by atoms with E-state index in [0.29, 0.717) is 31.9 Å². The van der Waals surface area contributed by atoms with Crippen LogP contribution in [-0.2, 0) is 23.6 Å². The molecule has 9 heteroatoms. The van der Waals surface area contributed by atoms with Crippen LogP contribution >= 0.6 is 12.4 Å². The molecule has 1 saturated heterocycles. The van der Waals surface area contributed by atoms with Crippen molar-refractivity contribution in [3.05, 3.63) is 41.2 Å². The number of aryl methyl sites for hydroxylation is 2. The van der Waals surface area contributed by atoms with Crippen LogP contribution in [0.15, 0.2) is 29.2 Å². The highest BCUT2D eigenvalue weighted by atomic mass is 35.5. The van der Waals surface area contributed by atoms with Crippen LogP contribution in [0.1, 0.15) is 17.0 Å². The minimum atomic E-state index is -3.49. The van der Waals surface area contributed by atoms with Gasteiger partial charge in [-0.1, -0.05) is 6.07 Å². The smallest absolute Gasteiger partial charge is 0.243 e. The third-order valence-electron chi connectivity index (χ3n) is 5.05. The van der Waals surface area contributed by atoms with Crippen LogP contribution in [0, 0.1) is 13.8 Å². The Kier molecular flexibility index (Phi) is 6.91. The molecule has 1 aliphatic heterocycles. The lowest BCUT2D eigenvalue weighted by Gasteiger charge is -2.34. The van der Waals surface area contributed by atoms with Gasteiger partial charge in [-0.15, -0.1) is 12.4 Å². The summed E-state index contributed by atoms with van der Waals surface area (Å²) < 4.78 is 34.3. The van der Waals surface area contributed by atoms with Gasteiger partial charge in [-0.3, -0.25) is 9.58 Å². The summed E-state index contributed by atoms with van der Waals surface area (Å²) in [6, 6.07) is 6.64. The van der Waals surface area contributed by atoms with Crippen molar-refractivity contribution in [2.75, 3.05) is 33.3 Å². The van der Waals surface area contributed by atoms with Gasteiger partial charge >= 0.3 is 0 Å².